The van der Waals surface area contributed by atoms with Crippen LogP contribution >= 0.6 is 0 Å². The van der Waals surface area contributed by atoms with Crippen LogP contribution in [0.2, 0.25) is 0 Å². The Labute approximate surface area is 244 Å². The first kappa shape index (κ1) is 27.9. The Morgan fingerprint density at radius 2 is 2.05 bits per heavy atom. The molecule has 0 spiro atoms. The van der Waals surface area contributed by atoms with Gasteiger partial charge in [0.05, 0.1) is 30.8 Å². The van der Waals surface area contributed by atoms with Crippen LogP contribution in [-0.2, 0) is 13.0 Å². The van der Waals surface area contributed by atoms with Crippen LogP contribution in [0.25, 0.3) is 0 Å². The minimum absolute atomic E-state index is 0.140. The van der Waals surface area contributed by atoms with E-state index in [1.54, 1.807) is 0 Å². The third kappa shape index (κ3) is 5.52. The summed E-state index contributed by atoms with van der Waals surface area (Å²) in [7, 11) is 2.20. The molecular formula is C32H44N8O. The highest BCUT2D eigenvalue weighted by Gasteiger charge is 2.32. The molecule has 3 unspecified atom stereocenters. The van der Waals surface area contributed by atoms with Crippen molar-refractivity contribution in [1.82, 2.24) is 20.2 Å². The average Bonchev–Trinajstić information content (AvgIpc) is 3.39. The van der Waals surface area contributed by atoms with Crippen LogP contribution < -0.4 is 19.9 Å². The van der Waals surface area contributed by atoms with Crippen molar-refractivity contribution in [1.29, 1.82) is 5.26 Å². The number of piperazine rings is 1. The highest BCUT2D eigenvalue weighted by molar-refractivity contribution is 5.94. The van der Waals surface area contributed by atoms with E-state index in [4.69, 9.17) is 19.7 Å². The summed E-state index contributed by atoms with van der Waals surface area (Å²) >= 11 is 0. The molecule has 4 aliphatic rings. The normalized spacial score (nSPS) is 26.0. The Morgan fingerprint density at radius 1 is 1.17 bits per heavy atom. The van der Waals surface area contributed by atoms with Gasteiger partial charge in [0.25, 0.3) is 0 Å². The lowest BCUT2D eigenvalue weighted by molar-refractivity contribution is 0.0791. The molecule has 0 saturated carbocycles. The van der Waals surface area contributed by atoms with Crippen molar-refractivity contribution in [3.63, 3.8) is 0 Å². The molecule has 2 fully saturated rings. The fraction of sp³-hybridized carbons (Fsp3) is 0.625. The predicted octanol–water partition coefficient (Wildman–Crippen LogP) is 4.03. The molecule has 4 atom stereocenters. The molecule has 2 aromatic rings. The third-order valence-electron chi connectivity index (χ3n) is 9.59. The first-order chi connectivity index (χ1) is 20.0. The number of nitriles is 1. The number of aryl methyl sites for hydroxylation is 1. The van der Waals surface area contributed by atoms with Gasteiger partial charge in [-0.2, -0.15) is 15.2 Å². The number of hydrogen-bond acceptors (Lipinski definition) is 9. The van der Waals surface area contributed by atoms with Crippen LogP contribution in [0.4, 0.5) is 11.5 Å². The summed E-state index contributed by atoms with van der Waals surface area (Å²) in [5.74, 6) is 1.57. The van der Waals surface area contributed by atoms with Crippen LogP contribution in [0, 0.1) is 24.2 Å². The second-order valence-corrected chi connectivity index (χ2v) is 12.3. The Bertz CT molecular complexity index is 1330. The van der Waals surface area contributed by atoms with Crippen molar-refractivity contribution in [2.45, 2.75) is 77.5 Å². The van der Waals surface area contributed by atoms with E-state index in [1.165, 1.54) is 40.8 Å². The standard InChI is InChI=1S/C32H44N8O/c1-5-27-24-9-8-22(3)30(26(24)17-35-27)39-15-11-25-28(19-39)36-32(41-20-29-21(2)7-6-14-38(29)4)37-31(25)40-16-13-34-23(18-40)10-12-33/h8-9,17,21,23,27,29,34H,5-7,10-11,13-16,18-20H2,1-4H3/t21?,23?,27?,29-/m1/s1. The summed E-state index contributed by atoms with van der Waals surface area (Å²) in [4.78, 5) is 22.2. The molecule has 1 aromatic carbocycles. The Hall–Kier alpha value is -3.22. The largest absolute Gasteiger partial charge is 0.462 e. The number of hydrogen-bond donors (Lipinski definition) is 1. The first-order valence-electron chi connectivity index (χ1n) is 15.5. The van der Waals surface area contributed by atoms with E-state index in [1.807, 2.05) is 0 Å². The van der Waals surface area contributed by atoms with E-state index in [0.717, 1.165) is 63.6 Å². The summed E-state index contributed by atoms with van der Waals surface area (Å²) in [6.07, 6.45) is 6.93. The lowest BCUT2D eigenvalue weighted by Gasteiger charge is -2.38. The van der Waals surface area contributed by atoms with Gasteiger partial charge in [0.1, 0.15) is 12.4 Å². The number of aliphatic imine (C=N–C) groups is 1. The molecule has 6 rings (SSSR count). The second kappa shape index (κ2) is 11.9. The molecule has 5 heterocycles. The van der Waals surface area contributed by atoms with Gasteiger partial charge in [-0.05, 0) is 63.2 Å². The molecule has 2 saturated heterocycles. The number of benzene rings is 1. The summed E-state index contributed by atoms with van der Waals surface area (Å²) in [6.45, 7) is 12.5. The van der Waals surface area contributed by atoms with E-state index in [2.05, 4.69) is 72.3 Å². The van der Waals surface area contributed by atoms with Crippen molar-refractivity contribution in [3.8, 4) is 12.1 Å². The topological polar surface area (TPSA) is 92.9 Å². The van der Waals surface area contributed by atoms with Gasteiger partial charge in [0.2, 0.25) is 0 Å². The molecule has 0 bridgehead atoms. The highest BCUT2D eigenvalue weighted by atomic mass is 16.5. The van der Waals surface area contributed by atoms with E-state index >= 15 is 0 Å². The molecule has 0 aliphatic carbocycles. The van der Waals surface area contributed by atoms with E-state index in [-0.39, 0.29) is 12.1 Å². The Balaban J connectivity index is 1.32. The van der Waals surface area contributed by atoms with Gasteiger partial charge in [0.15, 0.2) is 0 Å². The predicted molar refractivity (Wildman–Crippen MR) is 163 cm³/mol. The lowest BCUT2D eigenvalue weighted by Crippen LogP contribution is -2.51. The Kier molecular flexibility index (Phi) is 8.14. The van der Waals surface area contributed by atoms with Crippen LogP contribution in [0.3, 0.4) is 0 Å². The zero-order chi connectivity index (χ0) is 28.5. The van der Waals surface area contributed by atoms with Crippen LogP contribution in [0.5, 0.6) is 6.01 Å². The maximum Gasteiger partial charge on any atom is 0.318 e. The molecule has 0 radical (unpaired) electrons. The van der Waals surface area contributed by atoms with Crippen LogP contribution in [0.1, 0.15) is 73.5 Å². The van der Waals surface area contributed by atoms with Gasteiger partial charge in [0, 0.05) is 61.3 Å². The zero-order valence-corrected chi connectivity index (χ0v) is 25.1. The molecule has 0 amide bonds. The lowest BCUT2D eigenvalue weighted by atomic mass is 9.92. The fourth-order valence-electron chi connectivity index (χ4n) is 7.23. The molecular weight excluding hydrogens is 512 g/mol. The van der Waals surface area contributed by atoms with Gasteiger partial charge in [-0.15, -0.1) is 0 Å². The van der Waals surface area contributed by atoms with E-state index in [9.17, 15) is 5.26 Å². The maximum absolute atomic E-state index is 9.33. The number of anilines is 2. The van der Waals surface area contributed by atoms with Crippen LogP contribution in [-0.4, -0.2) is 79.5 Å². The number of likely N-dealkylation sites (N-methyl/N-ethyl adjacent to an activating group) is 1. The molecule has 1 aromatic heterocycles. The number of fused-ring (bicyclic) bond motifs is 2. The number of ether oxygens (including phenoxy) is 1. The minimum atomic E-state index is 0.140. The van der Waals surface area contributed by atoms with Gasteiger partial charge in [-0.3, -0.25) is 9.89 Å². The number of piperidine rings is 1. The van der Waals surface area contributed by atoms with Gasteiger partial charge < -0.3 is 19.9 Å². The van der Waals surface area contributed by atoms with Crippen molar-refractivity contribution >= 4 is 17.7 Å². The third-order valence-corrected chi connectivity index (χ3v) is 9.59. The molecule has 4 aliphatic heterocycles. The van der Waals surface area contributed by atoms with Crippen molar-refractivity contribution < 1.29 is 4.74 Å². The summed E-state index contributed by atoms with van der Waals surface area (Å²) in [6, 6.07) is 8.07. The number of likely N-dealkylation sites (tertiary alicyclic amines) is 1. The number of aromatic nitrogens is 2. The smallest absolute Gasteiger partial charge is 0.318 e. The molecule has 1 N–H and O–H groups in total. The average molecular weight is 557 g/mol. The van der Waals surface area contributed by atoms with Crippen molar-refractivity contribution in [2.75, 3.05) is 56.2 Å². The minimum Gasteiger partial charge on any atom is -0.462 e. The van der Waals surface area contributed by atoms with Crippen molar-refractivity contribution in [3.05, 3.63) is 40.1 Å². The summed E-state index contributed by atoms with van der Waals surface area (Å²) in [5.41, 5.74) is 7.43. The SMILES string of the molecule is CCC1N=Cc2c1ccc(C)c2N1CCc2c(nc(OC[C@@H]3C(C)CCCN3C)nc2N2CCNC(CC#N)C2)C1. The summed E-state index contributed by atoms with van der Waals surface area (Å²) < 4.78 is 6.43. The molecule has 9 nitrogen and oxygen atoms in total. The van der Waals surface area contributed by atoms with Gasteiger partial charge >= 0.3 is 6.01 Å². The van der Waals surface area contributed by atoms with Gasteiger partial charge in [-0.1, -0.05) is 26.0 Å². The first-order valence-corrected chi connectivity index (χ1v) is 15.5. The number of nitrogens with one attached hydrogen (secondary N) is 1. The molecule has 218 valence electrons. The quantitative estimate of drug-likeness (QED) is 0.547. The van der Waals surface area contributed by atoms with E-state index in [0.29, 0.717) is 31.0 Å². The maximum atomic E-state index is 9.33. The zero-order valence-electron chi connectivity index (χ0n) is 25.1. The second-order valence-electron chi connectivity index (χ2n) is 12.3. The molecule has 41 heavy (non-hydrogen) atoms. The number of nitrogens with zero attached hydrogens (tertiary/aromatic N) is 7. The van der Waals surface area contributed by atoms with Crippen molar-refractivity contribution in [2.24, 2.45) is 10.9 Å². The molecule has 9 heteroatoms. The highest BCUT2D eigenvalue weighted by Crippen LogP contribution is 2.39. The Morgan fingerprint density at radius 3 is 2.85 bits per heavy atom. The monoisotopic (exact) mass is 556 g/mol. The van der Waals surface area contributed by atoms with Crippen LogP contribution in [0.15, 0.2) is 17.1 Å². The van der Waals surface area contributed by atoms with E-state index < -0.39 is 0 Å². The summed E-state index contributed by atoms with van der Waals surface area (Å²) in [5, 5.41) is 12.8. The number of rotatable bonds is 7. The fourth-order valence-corrected chi connectivity index (χ4v) is 7.23. The van der Waals surface area contributed by atoms with Gasteiger partial charge in [-0.25, -0.2) is 0 Å².